The van der Waals surface area contributed by atoms with Crippen LogP contribution in [0.3, 0.4) is 0 Å². The van der Waals surface area contributed by atoms with Crippen LogP contribution in [0.2, 0.25) is 0 Å². The van der Waals surface area contributed by atoms with E-state index >= 15 is 0 Å². The Morgan fingerprint density at radius 2 is 2.00 bits per heavy atom. The van der Waals surface area contributed by atoms with E-state index in [2.05, 4.69) is 32.3 Å². The van der Waals surface area contributed by atoms with Gasteiger partial charge in [0.25, 0.3) is 0 Å². The van der Waals surface area contributed by atoms with E-state index in [1.54, 1.807) is 30.3 Å². The standard InChI is InChI=1S/C24H21FN6O3/c1-2-21(32)27-16-5-3-4-15(12-16)23-22-19(30-34-23)14-26-24(29-22)28-17-6-7-20(18(25)13-17)31-8-10-33-11-9-31/h2-7,12-14H,1,8-11H2,(H,27,32)(H,28,29). The largest absolute Gasteiger partial charge is 0.378 e. The third-order valence-corrected chi connectivity index (χ3v) is 5.35. The number of morpholine rings is 1. The van der Waals surface area contributed by atoms with Gasteiger partial charge in [-0.15, -0.1) is 0 Å². The van der Waals surface area contributed by atoms with E-state index in [9.17, 15) is 9.18 Å². The normalized spacial score (nSPS) is 13.6. The molecule has 1 aliphatic rings. The zero-order valence-corrected chi connectivity index (χ0v) is 18.1. The Labute approximate surface area is 194 Å². The molecule has 10 heteroatoms. The van der Waals surface area contributed by atoms with Gasteiger partial charge < -0.3 is 24.8 Å². The summed E-state index contributed by atoms with van der Waals surface area (Å²) in [5.74, 6) is 0.0351. The molecule has 2 aromatic heterocycles. The summed E-state index contributed by atoms with van der Waals surface area (Å²) in [6, 6.07) is 12.0. The van der Waals surface area contributed by atoms with Crippen LogP contribution in [0, 0.1) is 5.82 Å². The van der Waals surface area contributed by atoms with Crippen LogP contribution >= 0.6 is 0 Å². The second kappa shape index (κ2) is 9.28. The van der Waals surface area contributed by atoms with Gasteiger partial charge in [0.05, 0.1) is 25.1 Å². The van der Waals surface area contributed by atoms with Crippen LogP contribution in [-0.4, -0.2) is 47.3 Å². The number of carbonyl (C=O) groups excluding carboxylic acids is 1. The molecular weight excluding hydrogens is 439 g/mol. The van der Waals surface area contributed by atoms with Crippen molar-refractivity contribution in [2.24, 2.45) is 0 Å². The molecule has 0 saturated carbocycles. The highest BCUT2D eigenvalue weighted by Crippen LogP contribution is 2.30. The summed E-state index contributed by atoms with van der Waals surface area (Å²) >= 11 is 0. The second-order valence-corrected chi connectivity index (χ2v) is 7.60. The van der Waals surface area contributed by atoms with Crippen molar-refractivity contribution in [3.63, 3.8) is 0 Å². The van der Waals surface area contributed by atoms with E-state index in [1.807, 2.05) is 11.0 Å². The highest BCUT2D eigenvalue weighted by molar-refractivity contribution is 5.99. The molecule has 2 N–H and O–H groups in total. The maximum atomic E-state index is 14.8. The van der Waals surface area contributed by atoms with Gasteiger partial charge >= 0.3 is 0 Å². The summed E-state index contributed by atoms with van der Waals surface area (Å²) in [7, 11) is 0. The van der Waals surface area contributed by atoms with Crippen molar-refractivity contribution in [1.82, 2.24) is 15.1 Å². The summed E-state index contributed by atoms with van der Waals surface area (Å²) in [5.41, 5.74) is 3.26. The van der Waals surface area contributed by atoms with Crippen LogP contribution in [0.25, 0.3) is 22.4 Å². The van der Waals surface area contributed by atoms with E-state index in [-0.39, 0.29) is 17.7 Å². The number of nitrogens with zero attached hydrogens (tertiary/aromatic N) is 4. The van der Waals surface area contributed by atoms with Crippen molar-refractivity contribution in [2.45, 2.75) is 0 Å². The Morgan fingerprint density at radius 3 is 2.79 bits per heavy atom. The molecule has 1 amide bonds. The highest BCUT2D eigenvalue weighted by Gasteiger charge is 2.17. The molecule has 0 bridgehead atoms. The Balaban J connectivity index is 1.40. The Kier molecular flexibility index (Phi) is 5.88. The lowest BCUT2D eigenvalue weighted by Gasteiger charge is -2.29. The Hall–Kier alpha value is -4.31. The van der Waals surface area contributed by atoms with Crippen LogP contribution in [-0.2, 0) is 9.53 Å². The molecule has 1 saturated heterocycles. The molecule has 0 unspecified atom stereocenters. The first-order valence-electron chi connectivity index (χ1n) is 10.7. The van der Waals surface area contributed by atoms with E-state index in [1.165, 1.54) is 18.3 Å². The lowest BCUT2D eigenvalue weighted by Crippen LogP contribution is -2.36. The third-order valence-electron chi connectivity index (χ3n) is 5.35. The molecule has 172 valence electrons. The van der Waals surface area contributed by atoms with Gasteiger partial charge in [-0.25, -0.2) is 14.4 Å². The number of anilines is 4. The summed E-state index contributed by atoms with van der Waals surface area (Å²) in [6.07, 6.45) is 2.72. The Morgan fingerprint density at radius 1 is 1.15 bits per heavy atom. The van der Waals surface area contributed by atoms with E-state index in [0.717, 1.165) is 0 Å². The number of nitrogens with one attached hydrogen (secondary N) is 2. The summed E-state index contributed by atoms with van der Waals surface area (Å²) in [4.78, 5) is 22.4. The van der Waals surface area contributed by atoms with Crippen LogP contribution in [0.1, 0.15) is 0 Å². The smallest absolute Gasteiger partial charge is 0.247 e. The van der Waals surface area contributed by atoms with Crippen molar-refractivity contribution in [3.05, 3.63) is 67.1 Å². The zero-order valence-electron chi connectivity index (χ0n) is 18.1. The SMILES string of the molecule is C=CC(=O)Nc1cccc(-c2onc3cnc(Nc4ccc(N5CCOCC5)c(F)c4)nc23)c1. The summed E-state index contributed by atoms with van der Waals surface area (Å²) < 4.78 is 25.6. The minimum atomic E-state index is -0.336. The minimum Gasteiger partial charge on any atom is -0.378 e. The van der Waals surface area contributed by atoms with Gasteiger partial charge in [0, 0.05) is 30.0 Å². The molecule has 5 rings (SSSR count). The van der Waals surface area contributed by atoms with Crippen LogP contribution in [0.5, 0.6) is 0 Å². The topological polar surface area (TPSA) is 105 Å². The quantitative estimate of drug-likeness (QED) is 0.414. The molecule has 1 fully saturated rings. The number of rotatable bonds is 6. The van der Waals surface area contributed by atoms with Crippen molar-refractivity contribution in [1.29, 1.82) is 0 Å². The first kappa shape index (κ1) is 21.5. The highest BCUT2D eigenvalue weighted by atomic mass is 19.1. The average molecular weight is 460 g/mol. The van der Waals surface area contributed by atoms with E-state index in [4.69, 9.17) is 9.26 Å². The predicted octanol–water partition coefficient (Wildman–Crippen LogP) is 4.13. The van der Waals surface area contributed by atoms with Gasteiger partial charge in [0.15, 0.2) is 11.3 Å². The molecule has 4 aromatic rings. The lowest BCUT2D eigenvalue weighted by molar-refractivity contribution is -0.111. The second-order valence-electron chi connectivity index (χ2n) is 7.60. The number of aromatic nitrogens is 3. The molecule has 0 aliphatic carbocycles. The molecule has 9 nitrogen and oxygen atoms in total. The van der Waals surface area contributed by atoms with Crippen LogP contribution < -0.4 is 15.5 Å². The number of amides is 1. The van der Waals surface area contributed by atoms with Crippen molar-refractivity contribution in [3.8, 4) is 11.3 Å². The fourth-order valence-corrected chi connectivity index (χ4v) is 3.70. The number of ether oxygens (including phenoxy) is 1. The molecule has 0 spiro atoms. The molecule has 1 aliphatic heterocycles. The Bertz CT molecular complexity index is 1370. The number of fused-ring (bicyclic) bond motifs is 1. The lowest BCUT2D eigenvalue weighted by atomic mass is 10.1. The number of benzene rings is 2. The van der Waals surface area contributed by atoms with Crippen molar-refractivity contribution in [2.75, 3.05) is 41.8 Å². The monoisotopic (exact) mass is 460 g/mol. The zero-order chi connectivity index (χ0) is 23.5. The fourth-order valence-electron chi connectivity index (χ4n) is 3.70. The van der Waals surface area contributed by atoms with Gasteiger partial charge in [-0.1, -0.05) is 23.9 Å². The molecule has 34 heavy (non-hydrogen) atoms. The number of hydrogen-bond donors (Lipinski definition) is 2. The average Bonchev–Trinajstić information content (AvgIpc) is 3.28. The van der Waals surface area contributed by atoms with Crippen molar-refractivity contribution < 1.29 is 18.4 Å². The van der Waals surface area contributed by atoms with Gasteiger partial charge in [-0.2, -0.15) is 0 Å². The molecule has 0 atom stereocenters. The molecular formula is C24H21FN6O3. The van der Waals surface area contributed by atoms with Gasteiger partial charge in [-0.05, 0) is 36.4 Å². The fraction of sp³-hybridized carbons (Fsp3) is 0.167. The molecule has 0 radical (unpaired) electrons. The third kappa shape index (κ3) is 4.44. The number of halogens is 1. The number of carbonyl (C=O) groups is 1. The maximum Gasteiger partial charge on any atom is 0.247 e. The van der Waals surface area contributed by atoms with Gasteiger partial charge in [0.1, 0.15) is 11.3 Å². The summed E-state index contributed by atoms with van der Waals surface area (Å²) in [5, 5.41) is 9.77. The van der Waals surface area contributed by atoms with Crippen LogP contribution in [0.4, 0.5) is 27.4 Å². The first-order valence-corrected chi connectivity index (χ1v) is 10.7. The molecule has 2 aromatic carbocycles. The minimum absolute atomic E-state index is 0.270. The summed E-state index contributed by atoms with van der Waals surface area (Å²) in [6.45, 7) is 5.92. The van der Waals surface area contributed by atoms with E-state index < -0.39 is 0 Å². The first-order chi connectivity index (χ1) is 16.6. The van der Waals surface area contributed by atoms with Crippen molar-refractivity contribution >= 4 is 40.0 Å². The van der Waals surface area contributed by atoms with Crippen LogP contribution in [0.15, 0.2) is 65.8 Å². The van der Waals surface area contributed by atoms with Gasteiger partial charge in [-0.3, -0.25) is 4.79 Å². The van der Waals surface area contributed by atoms with E-state index in [0.29, 0.717) is 65.7 Å². The molecule has 3 heterocycles. The maximum absolute atomic E-state index is 14.8. The van der Waals surface area contributed by atoms with Gasteiger partial charge in [0.2, 0.25) is 11.9 Å². The predicted molar refractivity (Wildman–Crippen MR) is 127 cm³/mol. The number of hydrogen-bond acceptors (Lipinski definition) is 8.